The van der Waals surface area contributed by atoms with Crippen LogP contribution in [0.1, 0.15) is 12.5 Å². The third-order valence-corrected chi connectivity index (χ3v) is 4.20. The van der Waals surface area contributed by atoms with Gasteiger partial charge in [0.05, 0.1) is 11.5 Å². The Hall–Kier alpha value is -2.28. The van der Waals surface area contributed by atoms with E-state index in [4.69, 9.17) is 9.47 Å². The first-order chi connectivity index (χ1) is 11.1. The molecule has 1 heterocycles. The molecule has 1 aromatic carbocycles. The first-order valence-electron chi connectivity index (χ1n) is 7.08. The molecule has 0 spiro atoms. The van der Waals surface area contributed by atoms with Crippen LogP contribution < -0.4 is 4.74 Å². The van der Waals surface area contributed by atoms with Gasteiger partial charge in [-0.05, 0) is 30.8 Å². The van der Waals surface area contributed by atoms with Crippen molar-refractivity contribution in [1.82, 2.24) is 4.90 Å². The molecule has 1 saturated heterocycles. The minimum atomic E-state index is -0.429. The number of aliphatic imine (C=N–C) groups is 1. The van der Waals surface area contributed by atoms with Crippen molar-refractivity contribution in [2.75, 3.05) is 27.3 Å². The van der Waals surface area contributed by atoms with Gasteiger partial charge in [0.25, 0.3) is 5.91 Å². The summed E-state index contributed by atoms with van der Waals surface area (Å²) < 4.78 is 10.3. The zero-order chi connectivity index (χ0) is 16.8. The molecule has 1 aliphatic heterocycles. The third-order valence-electron chi connectivity index (χ3n) is 3.05. The molecule has 1 aliphatic rings. The SMILES string of the molecule is CCOC(=O)COc1ccccc1/C=C1/SC(=NC)N(C)C1=O. The number of hydrogen-bond donors (Lipinski definition) is 0. The second-order valence-electron chi connectivity index (χ2n) is 4.61. The summed E-state index contributed by atoms with van der Waals surface area (Å²) in [6.07, 6.45) is 1.74. The molecular formula is C16H18N2O4S. The lowest BCUT2D eigenvalue weighted by atomic mass is 10.2. The summed E-state index contributed by atoms with van der Waals surface area (Å²) in [5.74, 6) is -0.0248. The average Bonchev–Trinajstić information content (AvgIpc) is 2.82. The van der Waals surface area contributed by atoms with Crippen LogP contribution in [0.25, 0.3) is 6.08 Å². The van der Waals surface area contributed by atoms with E-state index in [2.05, 4.69) is 4.99 Å². The third kappa shape index (κ3) is 4.13. The predicted molar refractivity (Wildman–Crippen MR) is 90.3 cm³/mol. The lowest BCUT2D eigenvalue weighted by Crippen LogP contribution is -2.23. The number of rotatable bonds is 5. The van der Waals surface area contributed by atoms with E-state index >= 15 is 0 Å². The summed E-state index contributed by atoms with van der Waals surface area (Å²) in [6.45, 7) is 1.88. The van der Waals surface area contributed by atoms with Crippen molar-refractivity contribution in [1.29, 1.82) is 0 Å². The molecule has 122 valence electrons. The van der Waals surface area contributed by atoms with Gasteiger partial charge in [-0.1, -0.05) is 18.2 Å². The first-order valence-corrected chi connectivity index (χ1v) is 7.90. The van der Waals surface area contributed by atoms with E-state index in [1.165, 1.54) is 16.7 Å². The van der Waals surface area contributed by atoms with Crippen LogP contribution in [0.15, 0.2) is 34.2 Å². The number of thioether (sulfide) groups is 1. The number of esters is 1. The second-order valence-corrected chi connectivity index (χ2v) is 5.62. The summed E-state index contributed by atoms with van der Waals surface area (Å²) in [7, 11) is 3.33. The monoisotopic (exact) mass is 334 g/mol. The summed E-state index contributed by atoms with van der Waals surface area (Å²) in [4.78, 5) is 29.7. The van der Waals surface area contributed by atoms with E-state index in [1.54, 1.807) is 39.2 Å². The van der Waals surface area contributed by atoms with Crippen LogP contribution in [-0.2, 0) is 14.3 Å². The molecule has 23 heavy (non-hydrogen) atoms. The fraction of sp³-hybridized carbons (Fsp3) is 0.312. The van der Waals surface area contributed by atoms with Crippen molar-refractivity contribution in [3.8, 4) is 5.75 Å². The summed E-state index contributed by atoms with van der Waals surface area (Å²) in [5.41, 5.74) is 0.721. The molecule has 0 radical (unpaired) electrons. The Morgan fingerprint density at radius 3 is 2.78 bits per heavy atom. The van der Waals surface area contributed by atoms with Crippen LogP contribution in [0.3, 0.4) is 0 Å². The molecule has 0 aromatic heterocycles. The van der Waals surface area contributed by atoms with Crippen molar-refractivity contribution >= 4 is 34.9 Å². The molecule has 6 nitrogen and oxygen atoms in total. The Kier molecular flexibility index (Phi) is 5.81. The van der Waals surface area contributed by atoms with Gasteiger partial charge in [-0.2, -0.15) is 0 Å². The summed E-state index contributed by atoms with van der Waals surface area (Å²) >= 11 is 1.30. The van der Waals surface area contributed by atoms with Gasteiger partial charge < -0.3 is 9.47 Å². The minimum absolute atomic E-state index is 0.115. The maximum Gasteiger partial charge on any atom is 0.344 e. The van der Waals surface area contributed by atoms with Crippen LogP contribution >= 0.6 is 11.8 Å². The number of hydrogen-bond acceptors (Lipinski definition) is 6. The smallest absolute Gasteiger partial charge is 0.344 e. The van der Waals surface area contributed by atoms with Crippen LogP contribution in [0.5, 0.6) is 5.75 Å². The van der Waals surface area contributed by atoms with E-state index in [-0.39, 0.29) is 12.5 Å². The number of para-hydroxylation sites is 1. The molecule has 0 atom stereocenters. The fourth-order valence-corrected chi connectivity index (χ4v) is 2.88. The number of likely N-dealkylation sites (N-methyl/N-ethyl adjacent to an activating group) is 1. The highest BCUT2D eigenvalue weighted by Crippen LogP contribution is 2.33. The molecule has 0 N–H and O–H groups in total. The molecule has 0 unspecified atom stereocenters. The highest BCUT2D eigenvalue weighted by Gasteiger charge is 2.29. The first kappa shape index (κ1) is 17.1. The highest BCUT2D eigenvalue weighted by atomic mass is 32.2. The number of nitrogens with zero attached hydrogens (tertiary/aromatic N) is 2. The maximum atomic E-state index is 12.2. The zero-order valence-electron chi connectivity index (χ0n) is 13.2. The minimum Gasteiger partial charge on any atom is -0.481 e. The van der Waals surface area contributed by atoms with Gasteiger partial charge >= 0.3 is 5.97 Å². The lowest BCUT2D eigenvalue weighted by Gasteiger charge is -2.09. The summed E-state index contributed by atoms with van der Waals surface area (Å²) in [5, 5.41) is 0.645. The summed E-state index contributed by atoms with van der Waals surface area (Å²) in [6, 6.07) is 7.21. The van der Waals surface area contributed by atoms with Crippen molar-refractivity contribution in [2.24, 2.45) is 4.99 Å². The number of amidine groups is 1. The standard InChI is InChI=1S/C16H18N2O4S/c1-4-21-14(19)10-22-12-8-6-5-7-11(12)9-13-15(20)18(3)16(17-2)23-13/h5-9H,4,10H2,1-3H3/b13-9+,17-16?. The number of carbonyl (C=O) groups excluding carboxylic acids is 2. The molecular weight excluding hydrogens is 316 g/mol. The van der Waals surface area contributed by atoms with Gasteiger partial charge in [0, 0.05) is 19.7 Å². The molecule has 7 heteroatoms. The van der Waals surface area contributed by atoms with E-state index < -0.39 is 5.97 Å². The van der Waals surface area contributed by atoms with Gasteiger partial charge in [-0.15, -0.1) is 0 Å². The number of carbonyl (C=O) groups is 2. The molecule has 0 bridgehead atoms. The van der Waals surface area contributed by atoms with Gasteiger partial charge in [-0.25, -0.2) is 4.79 Å². The molecule has 1 aromatic rings. The predicted octanol–water partition coefficient (Wildman–Crippen LogP) is 2.16. The second kappa shape index (κ2) is 7.82. The molecule has 1 amide bonds. The van der Waals surface area contributed by atoms with Gasteiger partial charge in [-0.3, -0.25) is 14.7 Å². The van der Waals surface area contributed by atoms with Gasteiger partial charge in [0.2, 0.25) is 0 Å². The lowest BCUT2D eigenvalue weighted by molar-refractivity contribution is -0.145. The van der Waals surface area contributed by atoms with Gasteiger partial charge in [0.15, 0.2) is 11.8 Å². The molecule has 2 rings (SSSR count). The van der Waals surface area contributed by atoms with E-state index in [1.807, 2.05) is 12.1 Å². The van der Waals surface area contributed by atoms with Crippen LogP contribution in [0.4, 0.5) is 0 Å². The molecule has 1 fully saturated rings. The Bertz CT molecular complexity index is 670. The maximum absolute atomic E-state index is 12.2. The van der Waals surface area contributed by atoms with Crippen molar-refractivity contribution in [3.63, 3.8) is 0 Å². The van der Waals surface area contributed by atoms with Crippen molar-refractivity contribution < 1.29 is 19.1 Å². The van der Waals surface area contributed by atoms with E-state index in [0.29, 0.717) is 22.4 Å². The highest BCUT2D eigenvalue weighted by molar-refractivity contribution is 8.18. The van der Waals surface area contributed by atoms with Crippen LogP contribution in [0.2, 0.25) is 0 Å². The Morgan fingerprint density at radius 1 is 1.39 bits per heavy atom. The topological polar surface area (TPSA) is 68.2 Å². The zero-order valence-corrected chi connectivity index (χ0v) is 14.1. The molecule has 0 saturated carbocycles. The normalized spacial score (nSPS) is 17.9. The van der Waals surface area contributed by atoms with Crippen molar-refractivity contribution in [2.45, 2.75) is 6.92 Å². The Morgan fingerprint density at radius 2 is 2.13 bits per heavy atom. The van der Waals surface area contributed by atoms with Crippen LogP contribution in [-0.4, -0.2) is 49.3 Å². The fourth-order valence-electron chi connectivity index (χ4n) is 1.96. The van der Waals surface area contributed by atoms with Crippen LogP contribution in [0, 0.1) is 0 Å². The van der Waals surface area contributed by atoms with Crippen molar-refractivity contribution in [3.05, 3.63) is 34.7 Å². The number of amides is 1. The van der Waals surface area contributed by atoms with E-state index in [9.17, 15) is 9.59 Å². The Labute approximate surface area is 139 Å². The van der Waals surface area contributed by atoms with Gasteiger partial charge in [0.1, 0.15) is 5.75 Å². The van der Waals surface area contributed by atoms with E-state index in [0.717, 1.165) is 5.56 Å². The Balaban J connectivity index is 2.19. The number of benzene rings is 1. The number of ether oxygens (including phenoxy) is 2. The quantitative estimate of drug-likeness (QED) is 0.610. The average molecular weight is 334 g/mol. The molecule has 0 aliphatic carbocycles. The largest absolute Gasteiger partial charge is 0.481 e.